The molecule has 0 spiro atoms. The molecule has 0 radical (unpaired) electrons. The fourth-order valence-electron chi connectivity index (χ4n) is 1.57. The van der Waals surface area contributed by atoms with Crippen LogP contribution < -0.4 is 15.4 Å². The molecule has 106 valence electrons. The quantitative estimate of drug-likeness (QED) is 0.692. The molecule has 0 fully saturated rings. The first-order chi connectivity index (χ1) is 9.02. The molecule has 0 heterocycles. The van der Waals surface area contributed by atoms with E-state index in [4.69, 9.17) is 9.84 Å². The van der Waals surface area contributed by atoms with Gasteiger partial charge in [0.15, 0.2) is 0 Å². The summed E-state index contributed by atoms with van der Waals surface area (Å²) in [7, 11) is 0. The number of urea groups is 1. The first kappa shape index (κ1) is 15.3. The number of carbonyl (C=O) groups excluding carboxylic acids is 1. The summed E-state index contributed by atoms with van der Waals surface area (Å²) in [5.74, 6) is 0.821. The molecule has 19 heavy (non-hydrogen) atoms. The van der Waals surface area contributed by atoms with Crippen molar-refractivity contribution in [1.82, 2.24) is 5.32 Å². The van der Waals surface area contributed by atoms with Crippen LogP contribution in [0.15, 0.2) is 18.2 Å². The number of aliphatic hydroxyl groups is 1. The van der Waals surface area contributed by atoms with Gasteiger partial charge in [0.1, 0.15) is 5.75 Å². The van der Waals surface area contributed by atoms with Crippen LogP contribution in [0.2, 0.25) is 0 Å². The lowest BCUT2D eigenvalue weighted by Gasteiger charge is -2.14. The zero-order valence-corrected chi connectivity index (χ0v) is 11.7. The fourth-order valence-corrected chi connectivity index (χ4v) is 1.57. The molecular formula is C14H22N2O3. The van der Waals surface area contributed by atoms with Crippen LogP contribution in [-0.2, 0) is 0 Å². The lowest BCUT2D eigenvalue weighted by atomic mass is 10.2. The maximum atomic E-state index is 11.5. The Bertz CT molecular complexity index is 419. The van der Waals surface area contributed by atoms with Gasteiger partial charge in [0.05, 0.1) is 6.10 Å². The molecule has 0 aliphatic rings. The molecule has 0 saturated heterocycles. The summed E-state index contributed by atoms with van der Waals surface area (Å²) in [4.78, 5) is 11.5. The number of rotatable bonds is 6. The first-order valence-electron chi connectivity index (χ1n) is 6.46. The van der Waals surface area contributed by atoms with Crippen LogP contribution in [0.25, 0.3) is 0 Å². The predicted molar refractivity (Wildman–Crippen MR) is 75.7 cm³/mol. The molecule has 5 nitrogen and oxygen atoms in total. The highest BCUT2D eigenvalue weighted by atomic mass is 16.5. The number of benzene rings is 1. The Balaban J connectivity index is 2.55. The van der Waals surface area contributed by atoms with Gasteiger partial charge in [-0.3, -0.25) is 0 Å². The topological polar surface area (TPSA) is 70.6 Å². The number of aryl methyl sites for hydroxylation is 1. The number of hydrogen-bond acceptors (Lipinski definition) is 3. The van der Waals surface area contributed by atoms with Gasteiger partial charge in [0.2, 0.25) is 0 Å². The van der Waals surface area contributed by atoms with Crippen molar-refractivity contribution in [1.29, 1.82) is 0 Å². The lowest BCUT2D eigenvalue weighted by Crippen LogP contribution is -2.29. The highest BCUT2D eigenvalue weighted by Gasteiger charge is 2.05. The highest BCUT2D eigenvalue weighted by molar-refractivity contribution is 5.89. The first-order valence-corrected chi connectivity index (χ1v) is 6.46. The monoisotopic (exact) mass is 266 g/mol. The van der Waals surface area contributed by atoms with E-state index in [1.54, 1.807) is 6.07 Å². The van der Waals surface area contributed by atoms with E-state index in [1.807, 2.05) is 32.9 Å². The smallest absolute Gasteiger partial charge is 0.319 e. The number of hydrogen-bond donors (Lipinski definition) is 3. The van der Waals surface area contributed by atoms with Crippen LogP contribution in [-0.4, -0.2) is 30.4 Å². The molecule has 1 aromatic rings. The normalized spacial score (nSPS) is 10.4. The minimum absolute atomic E-state index is 0.0701. The van der Waals surface area contributed by atoms with Crippen LogP contribution >= 0.6 is 0 Å². The summed E-state index contributed by atoms with van der Waals surface area (Å²) in [5.41, 5.74) is 1.69. The van der Waals surface area contributed by atoms with Crippen molar-refractivity contribution < 1.29 is 14.6 Å². The molecular weight excluding hydrogens is 244 g/mol. The number of carbonyl (C=O) groups is 1. The largest absolute Gasteiger partial charge is 0.491 e. The van der Waals surface area contributed by atoms with Gasteiger partial charge in [-0.1, -0.05) is 0 Å². The van der Waals surface area contributed by atoms with Crippen LogP contribution in [0, 0.1) is 6.92 Å². The number of aliphatic hydroxyl groups excluding tert-OH is 1. The van der Waals surface area contributed by atoms with Gasteiger partial charge in [-0.25, -0.2) is 4.79 Å². The van der Waals surface area contributed by atoms with Crippen LogP contribution in [0.1, 0.15) is 25.8 Å². The van der Waals surface area contributed by atoms with Gasteiger partial charge in [-0.2, -0.15) is 0 Å². The summed E-state index contributed by atoms with van der Waals surface area (Å²) in [6.45, 7) is 6.41. The third-order valence-electron chi connectivity index (χ3n) is 2.42. The molecule has 5 heteroatoms. The van der Waals surface area contributed by atoms with Crippen molar-refractivity contribution >= 4 is 11.7 Å². The minimum atomic E-state index is -0.273. The van der Waals surface area contributed by atoms with Crippen molar-refractivity contribution in [2.75, 3.05) is 18.5 Å². The molecule has 0 aromatic heterocycles. The molecule has 3 N–H and O–H groups in total. The second-order valence-corrected chi connectivity index (χ2v) is 4.60. The van der Waals surface area contributed by atoms with E-state index >= 15 is 0 Å². The lowest BCUT2D eigenvalue weighted by molar-refractivity contribution is 0.240. The summed E-state index contributed by atoms with van der Waals surface area (Å²) in [5, 5.41) is 14.0. The molecule has 0 atom stereocenters. The van der Waals surface area contributed by atoms with Crippen molar-refractivity contribution in [3.05, 3.63) is 23.8 Å². The average molecular weight is 266 g/mol. The van der Waals surface area contributed by atoms with Crippen molar-refractivity contribution in [2.24, 2.45) is 0 Å². The second-order valence-electron chi connectivity index (χ2n) is 4.60. The third-order valence-corrected chi connectivity index (χ3v) is 2.42. The molecule has 2 amide bonds. The van der Waals surface area contributed by atoms with Crippen molar-refractivity contribution in [3.8, 4) is 5.75 Å². The van der Waals surface area contributed by atoms with Crippen molar-refractivity contribution in [2.45, 2.75) is 33.3 Å². The fraction of sp³-hybridized carbons (Fsp3) is 0.500. The molecule has 0 bridgehead atoms. The Labute approximate surface area is 114 Å². The maximum absolute atomic E-state index is 11.5. The Morgan fingerprint density at radius 3 is 2.74 bits per heavy atom. The standard InChI is InChI=1S/C14H22N2O3/c1-10(2)19-13-6-5-12(9-11(13)3)16-14(18)15-7-4-8-17/h5-6,9-10,17H,4,7-8H2,1-3H3,(H2,15,16,18). The van der Waals surface area contributed by atoms with E-state index in [0.29, 0.717) is 13.0 Å². The molecule has 0 unspecified atom stereocenters. The maximum Gasteiger partial charge on any atom is 0.319 e. The van der Waals surface area contributed by atoms with Gasteiger partial charge in [0, 0.05) is 18.8 Å². The molecule has 1 rings (SSSR count). The Hall–Kier alpha value is -1.75. The molecule has 0 aliphatic carbocycles. The van der Waals surface area contributed by atoms with Crippen LogP contribution in [0.3, 0.4) is 0 Å². The van der Waals surface area contributed by atoms with E-state index in [9.17, 15) is 4.79 Å². The van der Waals surface area contributed by atoms with Crippen molar-refractivity contribution in [3.63, 3.8) is 0 Å². The Morgan fingerprint density at radius 1 is 1.42 bits per heavy atom. The number of amides is 2. The Kier molecular flexibility index (Phi) is 6.15. The van der Waals surface area contributed by atoms with Gasteiger partial charge >= 0.3 is 6.03 Å². The van der Waals surface area contributed by atoms with Gasteiger partial charge < -0.3 is 20.5 Å². The zero-order valence-electron chi connectivity index (χ0n) is 11.7. The second kappa shape index (κ2) is 7.63. The summed E-state index contributed by atoms with van der Waals surface area (Å²) in [6.07, 6.45) is 0.674. The number of nitrogens with one attached hydrogen (secondary N) is 2. The van der Waals surface area contributed by atoms with E-state index in [0.717, 1.165) is 17.0 Å². The van der Waals surface area contributed by atoms with Crippen LogP contribution in [0.4, 0.5) is 10.5 Å². The summed E-state index contributed by atoms with van der Waals surface area (Å²) in [6, 6.07) is 5.24. The summed E-state index contributed by atoms with van der Waals surface area (Å²) < 4.78 is 5.63. The minimum Gasteiger partial charge on any atom is -0.491 e. The highest BCUT2D eigenvalue weighted by Crippen LogP contribution is 2.22. The van der Waals surface area contributed by atoms with E-state index in [2.05, 4.69) is 10.6 Å². The van der Waals surface area contributed by atoms with Gasteiger partial charge in [-0.15, -0.1) is 0 Å². The van der Waals surface area contributed by atoms with Gasteiger partial charge in [-0.05, 0) is 51.0 Å². The zero-order chi connectivity index (χ0) is 14.3. The predicted octanol–water partition coefficient (Wildman–Crippen LogP) is 2.29. The molecule has 0 saturated carbocycles. The number of anilines is 1. The third kappa shape index (κ3) is 5.61. The van der Waals surface area contributed by atoms with Crippen LogP contribution in [0.5, 0.6) is 5.75 Å². The summed E-state index contributed by atoms with van der Waals surface area (Å²) >= 11 is 0. The van der Waals surface area contributed by atoms with E-state index < -0.39 is 0 Å². The molecule has 0 aliphatic heterocycles. The number of ether oxygens (including phenoxy) is 1. The van der Waals surface area contributed by atoms with Gasteiger partial charge in [0.25, 0.3) is 0 Å². The van der Waals surface area contributed by atoms with E-state index in [-0.39, 0.29) is 18.7 Å². The molecule has 1 aromatic carbocycles. The average Bonchev–Trinajstić information content (AvgIpc) is 2.32. The SMILES string of the molecule is Cc1cc(NC(=O)NCCCO)ccc1OC(C)C. The Morgan fingerprint density at radius 2 is 2.16 bits per heavy atom. The van der Waals surface area contributed by atoms with E-state index in [1.165, 1.54) is 0 Å².